The van der Waals surface area contributed by atoms with Crippen LogP contribution < -0.4 is 9.91 Å². The Kier molecular flexibility index (Phi) is 8.25. The van der Waals surface area contributed by atoms with E-state index < -0.39 is 0 Å². The Labute approximate surface area is 211 Å². The molecule has 3 aromatic carbocycles. The lowest BCUT2D eigenvalue weighted by Crippen LogP contribution is -2.22. The molecule has 4 heteroatoms. The second-order valence-electron chi connectivity index (χ2n) is 8.87. The molecular weight excluding hydrogens is 428 g/mol. The smallest absolute Gasteiger partial charge is 0.0831 e. The molecule has 0 N–H and O–H groups in total. The average Bonchev–Trinajstić information content (AvgIpc) is 3.37. The molecule has 35 heavy (non-hydrogen) atoms. The van der Waals surface area contributed by atoms with E-state index in [0.717, 1.165) is 44.0 Å². The fourth-order valence-corrected chi connectivity index (χ4v) is 4.67. The van der Waals surface area contributed by atoms with Crippen molar-refractivity contribution in [2.75, 3.05) is 36.1 Å². The molecule has 0 radical (unpaired) electrons. The van der Waals surface area contributed by atoms with Crippen LogP contribution in [0, 0.1) is 0 Å². The lowest BCUT2D eigenvalue weighted by atomic mass is 9.97. The minimum Gasteiger partial charge on any atom is -0.378 e. The van der Waals surface area contributed by atoms with Crippen LogP contribution in [0.5, 0.6) is 0 Å². The van der Waals surface area contributed by atoms with E-state index in [1.54, 1.807) is 0 Å². The highest BCUT2D eigenvalue weighted by Crippen LogP contribution is 2.37. The molecule has 1 heterocycles. The van der Waals surface area contributed by atoms with Crippen molar-refractivity contribution in [2.24, 2.45) is 5.10 Å². The molecule has 0 saturated carbocycles. The predicted octanol–water partition coefficient (Wildman–Crippen LogP) is 7.20. The van der Waals surface area contributed by atoms with Crippen molar-refractivity contribution < 1.29 is 0 Å². The van der Waals surface area contributed by atoms with E-state index in [1.807, 2.05) is 0 Å². The fourth-order valence-electron chi connectivity index (χ4n) is 4.67. The summed E-state index contributed by atoms with van der Waals surface area (Å²) in [7, 11) is 0. The highest BCUT2D eigenvalue weighted by molar-refractivity contribution is 6.03. The second kappa shape index (κ2) is 11.7. The number of anilines is 2. The first-order valence-corrected chi connectivity index (χ1v) is 13.0. The summed E-state index contributed by atoms with van der Waals surface area (Å²) in [4.78, 5) is 4.67. The zero-order valence-corrected chi connectivity index (χ0v) is 21.6. The first-order valence-electron chi connectivity index (χ1n) is 13.0. The van der Waals surface area contributed by atoms with Crippen LogP contribution in [0.25, 0.3) is 6.08 Å². The van der Waals surface area contributed by atoms with Crippen LogP contribution in [-0.2, 0) is 0 Å². The first kappa shape index (κ1) is 24.6. The Bertz CT molecular complexity index is 1110. The Morgan fingerprint density at radius 1 is 0.800 bits per heavy atom. The van der Waals surface area contributed by atoms with Crippen molar-refractivity contribution >= 4 is 23.2 Å². The van der Waals surface area contributed by atoms with Gasteiger partial charge in [-0.2, -0.15) is 5.10 Å². The molecule has 1 aliphatic rings. The van der Waals surface area contributed by atoms with Gasteiger partial charge in [0.2, 0.25) is 0 Å². The van der Waals surface area contributed by atoms with Gasteiger partial charge < -0.3 is 9.80 Å². The zero-order chi connectivity index (χ0) is 24.6. The average molecular weight is 467 g/mol. The van der Waals surface area contributed by atoms with Crippen molar-refractivity contribution in [3.8, 4) is 0 Å². The Hall–Kier alpha value is -3.53. The molecule has 1 unspecified atom stereocenters. The van der Waals surface area contributed by atoms with Crippen molar-refractivity contribution in [2.45, 2.75) is 40.2 Å². The standard InChI is InChI=1S/C31H38N4/c1-5-33(6-2)23-22-25-14-16-26(17-15-25)30-24-31(35(32-30)29-12-10-9-11-13-29)27-18-20-28(21-19-27)34(7-3)8-4/h9-23,31H,5-8,24H2,1-4H3. The lowest BCUT2D eigenvalue weighted by molar-refractivity contribution is 0.421. The molecule has 4 rings (SSSR count). The third-order valence-corrected chi connectivity index (χ3v) is 6.87. The summed E-state index contributed by atoms with van der Waals surface area (Å²) in [5.41, 5.74) is 7.22. The maximum atomic E-state index is 5.12. The van der Waals surface area contributed by atoms with Crippen molar-refractivity contribution in [3.05, 3.63) is 102 Å². The molecule has 0 fully saturated rings. The summed E-state index contributed by atoms with van der Waals surface area (Å²) in [6.45, 7) is 12.9. The topological polar surface area (TPSA) is 22.1 Å². The van der Waals surface area contributed by atoms with E-state index in [-0.39, 0.29) is 6.04 Å². The van der Waals surface area contributed by atoms with Crippen molar-refractivity contribution in [1.29, 1.82) is 0 Å². The normalized spacial score (nSPS) is 15.5. The first-order chi connectivity index (χ1) is 17.2. The molecular formula is C31H38N4. The molecule has 4 nitrogen and oxygen atoms in total. The van der Waals surface area contributed by atoms with E-state index in [2.05, 4.69) is 134 Å². The van der Waals surface area contributed by atoms with Crippen LogP contribution in [0.3, 0.4) is 0 Å². The van der Waals surface area contributed by atoms with Gasteiger partial charge in [0.1, 0.15) is 0 Å². The minimum atomic E-state index is 0.181. The molecule has 3 aromatic rings. The van der Waals surface area contributed by atoms with E-state index >= 15 is 0 Å². The van der Waals surface area contributed by atoms with Gasteiger partial charge in [0.25, 0.3) is 0 Å². The minimum absolute atomic E-state index is 0.181. The van der Waals surface area contributed by atoms with Crippen LogP contribution in [0.1, 0.15) is 56.8 Å². The Balaban J connectivity index is 1.59. The van der Waals surface area contributed by atoms with Gasteiger partial charge in [-0.05, 0) is 80.9 Å². The summed E-state index contributed by atoms with van der Waals surface area (Å²) in [5, 5.41) is 7.31. The number of hydrazone groups is 1. The van der Waals surface area contributed by atoms with Gasteiger partial charge in [0.05, 0.1) is 17.4 Å². The number of para-hydroxylation sites is 1. The van der Waals surface area contributed by atoms with Gasteiger partial charge in [0, 0.05) is 38.3 Å². The number of rotatable bonds is 10. The summed E-state index contributed by atoms with van der Waals surface area (Å²) in [6.07, 6.45) is 5.25. The summed E-state index contributed by atoms with van der Waals surface area (Å²) < 4.78 is 0. The highest BCUT2D eigenvalue weighted by atomic mass is 15.5. The maximum absolute atomic E-state index is 5.12. The third-order valence-electron chi connectivity index (χ3n) is 6.87. The SMILES string of the molecule is CCN(C=Cc1ccc(C2=NN(c3ccccc3)C(c3ccc(N(CC)CC)cc3)C2)cc1)CC. The highest BCUT2D eigenvalue weighted by Gasteiger charge is 2.29. The summed E-state index contributed by atoms with van der Waals surface area (Å²) in [5.74, 6) is 0. The quantitative estimate of drug-likeness (QED) is 0.315. The number of hydrogen-bond acceptors (Lipinski definition) is 4. The van der Waals surface area contributed by atoms with Gasteiger partial charge in [-0.3, -0.25) is 5.01 Å². The van der Waals surface area contributed by atoms with E-state index in [4.69, 9.17) is 5.10 Å². The van der Waals surface area contributed by atoms with Gasteiger partial charge in [0.15, 0.2) is 0 Å². The fraction of sp³-hybridized carbons (Fsp3) is 0.323. The van der Waals surface area contributed by atoms with Gasteiger partial charge in [-0.15, -0.1) is 0 Å². The molecule has 0 saturated heterocycles. The van der Waals surface area contributed by atoms with Crippen LogP contribution in [-0.4, -0.2) is 36.8 Å². The maximum Gasteiger partial charge on any atom is 0.0831 e. The molecule has 182 valence electrons. The molecule has 0 aliphatic carbocycles. The second-order valence-corrected chi connectivity index (χ2v) is 8.87. The zero-order valence-electron chi connectivity index (χ0n) is 21.6. The van der Waals surface area contributed by atoms with Crippen LogP contribution >= 0.6 is 0 Å². The number of nitrogens with zero attached hydrogens (tertiary/aromatic N) is 4. The van der Waals surface area contributed by atoms with E-state index in [1.165, 1.54) is 22.4 Å². The largest absolute Gasteiger partial charge is 0.378 e. The van der Waals surface area contributed by atoms with Crippen LogP contribution in [0.2, 0.25) is 0 Å². The van der Waals surface area contributed by atoms with Gasteiger partial charge >= 0.3 is 0 Å². The van der Waals surface area contributed by atoms with Crippen molar-refractivity contribution in [3.63, 3.8) is 0 Å². The summed E-state index contributed by atoms with van der Waals surface area (Å²) in [6, 6.07) is 28.5. The molecule has 1 aliphatic heterocycles. The Morgan fingerprint density at radius 3 is 2.06 bits per heavy atom. The van der Waals surface area contributed by atoms with Crippen LogP contribution in [0.4, 0.5) is 11.4 Å². The third kappa shape index (κ3) is 5.76. The Morgan fingerprint density at radius 2 is 1.46 bits per heavy atom. The molecule has 0 spiro atoms. The van der Waals surface area contributed by atoms with Crippen LogP contribution in [0.15, 0.2) is 90.2 Å². The summed E-state index contributed by atoms with van der Waals surface area (Å²) >= 11 is 0. The van der Waals surface area contributed by atoms with Gasteiger partial charge in [-0.1, -0.05) is 54.6 Å². The molecule has 0 amide bonds. The van der Waals surface area contributed by atoms with Gasteiger partial charge in [-0.25, -0.2) is 0 Å². The lowest BCUT2D eigenvalue weighted by Gasteiger charge is -2.25. The number of hydrogen-bond donors (Lipinski definition) is 0. The molecule has 1 atom stereocenters. The van der Waals surface area contributed by atoms with E-state index in [9.17, 15) is 0 Å². The molecule has 0 bridgehead atoms. The number of benzene rings is 3. The monoisotopic (exact) mass is 466 g/mol. The van der Waals surface area contributed by atoms with Crippen molar-refractivity contribution in [1.82, 2.24) is 4.90 Å². The molecule has 0 aromatic heterocycles. The predicted molar refractivity (Wildman–Crippen MR) is 151 cm³/mol. The van der Waals surface area contributed by atoms with E-state index in [0.29, 0.717) is 0 Å².